The van der Waals surface area contributed by atoms with E-state index in [-0.39, 0.29) is 0 Å². The largest absolute Gasteiger partial charge is 0.493 e. The average molecular weight is 567 g/mol. The van der Waals surface area contributed by atoms with E-state index >= 15 is 0 Å². The summed E-state index contributed by atoms with van der Waals surface area (Å²) in [4.78, 5) is 15.2. The van der Waals surface area contributed by atoms with Gasteiger partial charge >= 0.3 is 5.97 Å². The van der Waals surface area contributed by atoms with E-state index in [1.165, 1.54) is 0 Å². The third-order valence-corrected chi connectivity index (χ3v) is 8.35. The molecule has 42 heavy (non-hydrogen) atoms. The molecular weight excluding hydrogens is 528 g/mol. The minimum Gasteiger partial charge on any atom is -0.493 e. The van der Waals surface area contributed by atoms with Crippen LogP contribution in [0.4, 0.5) is 0 Å². The summed E-state index contributed by atoms with van der Waals surface area (Å²) in [6.07, 6.45) is 3.17. The molecule has 3 aromatic carbocycles. The summed E-state index contributed by atoms with van der Waals surface area (Å²) in [5, 5.41) is 18.6. The highest BCUT2D eigenvalue weighted by atomic mass is 16.5. The number of hydrogen-bond acceptors (Lipinski definition) is 5. The maximum absolute atomic E-state index is 12.9. The number of rotatable bonds is 8. The van der Waals surface area contributed by atoms with Crippen LogP contribution in [0.3, 0.4) is 0 Å². The fraction of sp³-hybridized carbons (Fsp3) is 0.353. The molecule has 6 rings (SSSR count). The molecule has 2 aromatic heterocycles. The van der Waals surface area contributed by atoms with Crippen LogP contribution in [0.15, 0.2) is 60.7 Å². The molecule has 0 saturated carbocycles. The molecular formula is C34H38N4O4. The van der Waals surface area contributed by atoms with E-state index in [0.29, 0.717) is 38.3 Å². The summed E-state index contributed by atoms with van der Waals surface area (Å²) in [5.41, 5.74) is 6.25. The fourth-order valence-corrected chi connectivity index (χ4v) is 6.49. The lowest BCUT2D eigenvalue weighted by Crippen LogP contribution is -2.21. The van der Waals surface area contributed by atoms with Crippen molar-refractivity contribution in [1.82, 2.24) is 19.2 Å². The van der Waals surface area contributed by atoms with Crippen molar-refractivity contribution < 1.29 is 19.4 Å². The Labute approximate surface area is 246 Å². The molecule has 8 nitrogen and oxygen atoms in total. The molecule has 218 valence electrons. The van der Waals surface area contributed by atoms with E-state index in [1.807, 2.05) is 46.6 Å². The Kier molecular flexibility index (Phi) is 8.00. The molecule has 1 aliphatic heterocycles. The van der Waals surface area contributed by atoms with Gasteiger partial charge in [0.15, 0.2) is 0 Å². The fourth-order valence-electron chi connectivity index (χ4n) is 6.49. The summed E-state index contributed by atoms with van der Waals surface area (Å²) in [5.74, 6) is -0.0388. The number of fused-ring (bicyclic) bond motifs is 3. The lowest BCUT2D eigenvalue weighted by atomic mass is 9.98. The first-order valence-electron chi connectivity index (χ1n) is 14.7. The predicted molar refractivity (Wildman–Crippen MR) is 165 cm³/mol. The van der Waals surface area contributed by atoms with E-state index < -0.39 is 5.97 Å². The number of para-hydroxylation sites is 1. The predicted octanol–water partition coefficient (Wildman–Crippen LogP) is 6.28. The van der Waals surface area contributed by atoms with Crippen LogP contribution in [-0.4, -0.2) is 57.6 Å². The van der Waals surface area contributed by atoms with Crippen LogP contribution < -0.4 is 4.74 Å². The van der Waals surface area contributed by atoms with Crippen LogP contribution in [0.25, 0.3) is 32.8 Å². The van der Waals surface area contributed by atoms with Gasteiger partial charge < -0.3 is 24.0 Å². The van der Waals surface area contributed by atoms with E-state index in [0.717, 1.165) is 81.4 Å². The van der Waals surface area contributed by atoms with Gasteiger partial charge in [0.05, 0.1) is 30.1 Å². The quantitative estimate of drug-likeness (QED) is 0.223. The first-order chi connectivity index (χ1) is 20.5. The highest BCUT2D eigenvalue weighted by Crippen LogP contribution is 2.39. The van der Waals surface area contributed by atoms with Gasteiger partial charge in [-0.1, -0.05) is 54.6 Å². The van der Waals surface area contributed by atoms with Crippen LogP contribution in [0.1, 0.15) is 46.7 Å². The third-order valence-electron chi connectivity index (χ3n) is 8.35. The number of carbonyl (C=O) groups is 1. The highest BCUT2D eigenvalue weighted by Gasteiger charge is 2.28. The summed E-state index contributed by atoms with van der Waals surface area (Å²) in [7, 11) is 5.80. The van der Waals surface area contributed by atoms with Crippen molar-refractivity contribution in [1.29, 1.82) is 0 Å². The summed E-state index contributed by atoms with van der Waals surface area (Å²) >= 11 is 0. The number of carboxylic acid groups (broad SMARTS) is 1. The molecule has 0 radical (unpaired) electrons. The molecule has 1 aliphatic rings. The number of hydrogen-bond donors (Lipinski definition) is 1. The second-order valence-corrected chi connectivity index (χ2v) is 11.2. The van der Waals surface area contributed by atoms with Crippen LogP contribution in [0.5, 0.6) is 5.75 Å². The standard InChI is InChI=1S/C34H38N4O4/c1-36-18-6-7-19-38-32-25(14-9-15-27(32)31-28(22-41-3)35-37(2)29(31)21-36)26(33(38)34(39)40)16-10-20-42-30-17-8-12-23-11-4-5-13-24(23)30/h4-5,8-9,11-15,17H,6-7,10,16,18-22H2,1-3H3,(H,39,40). The first-order valence-corrected chi connectivity index (χ1v) is 14.7. The smallest absolute Gasteiger partial charge is 0.352 e. The number of aryl methyl sites for hydroxylation is 3. The molecule has 5 aromatic rings. The molecule has 0 saturated heterocycles. The lowest BCUT2D eigenvalue weighted by Gasteiger charge is -2.17. The SMILES string of the molecule is COCc1nn(C)c2c1-c1cccc3c(CCCOc4cccc5ccccc45)c(C(=O)O)n(c13)CCCCN(C)C2. The molecule has 0 fully saturated rings. The Morgan fingerprint density at radius 1 is 0.976 bits per heavy atom. The number of ether oxygens (including phenoxy) is 2. The Hall–Kier alpha value is -4.14. The van der Waals surface area contributed by atoms with Crippen molar-refractivity contribution in [2.75, 3.05) is 27.3 Å². The van der Waals surface area contributed by atoms with Gasteiger partial charge in [0, 0.05) is 49.1 Å². The molecule has 3 heterocycles. The maximum Gasteiger partial charge on any atom is 0.352 e. The number of carboxylic acids is 1. The molecule has 8 heteroatoms. The van der Waals surface area contributed by atoms with Crippen LogP contribution in [0, 0.1) is 0 Å². The van der Waals surface area contributed by atoms with Crippen molar-refractivity contribution in [2.45, 2.75) is 45.4 Å². The van der Waals surface area contributed by atoms with Crippen molar-refractivity contribution >= 4 is 27.6 Å². The average Bonchev–Trinajstić information content (AvgIpc) is 3.46. The molecule has 0 atom stereocenters. The van der Waals surface area contributed by atoms with Gasteiger partial charge in [-0.15, -0.1) is 0 Å². The van der Waals surface area contributed by atoms with Gasteiger partial charge in [0.1, 0.15) is 11.4 Å². The first kappa shape index (κ1) is 28.0. The van der Waals surface area contributed by atoms with Crippen molar-refractivity contribution in [2.24, 2.45) is 7.05 Å². The van der Waals surface area contributed by atoms with Crippen molar-refractivity contribution in [3.05, 3.63) is 83.3 Å². The minimum absolute atomic E-state index is 0.383. The molecule has 0 amide bonds. The van der Waals surface area contributed by atoms with E-state index in [2.05, 4.69) is 42.3 Å². The van der Waals surface area contributed by atoms with Crippen LogP contribution in [0.2, 0.25) is 0 Å². The van der Waals surface area contributed by atoms with E-state index in [9.17, 15) is 9.90 Å². The zero-order valence-corrected chi connectivity index (χ0v) is 24.6. The van der Waals surface area contributed by atoms with Crippen molar-refractivity contribution in [3.63, 3.8) is 0 Å². The zero-order chi connectivity index (χ0) is 29.2. The summed E-state index contributed by atoms with van der Waals surface area (Å²) in [6.45, 7) is 3.20. The van der Waals surface area contributed by atoms with Crippen LogP contribution >= 0.6 is 0 Å². The molecule has 0 spiro atoms. The second-order valence-electron chi connectivity index (χ2n) is 11.2. The molecule has 0 unspecified atom stereocenters. The van der Waals surface area contributed by atoms with Gasteiger partial charge in [-0.05, 0) is 56.3 Å². The summed E-state index contributed by atoms with van der Waals surface area (Å²) in [6, 6.07) is 20.5. The number of methoxy groups -OCH3 is 1. The Morgan fingerprint density at radius 3 is 2.57 bits per heavy atom. The maximum atomic E-state index is 12.9. The number of benzene rings is 3. The Morgan fingerprint density at radius 2 is 1.74 bits per heavy atom. The normalized spacial score (nSPS) is 14.2. The van der Waals surface area contributed by atoms with Gasteiger partial charge in [-0.3, -0.25) is 4.68 Å². The third kappa shape index (κ3) is 5.16. The number of aromatic carboxylic acids is 1. The molecule has 1 N–H and O–H groups in total. The molecule has 0 aliphatic carbocycles. The number of nitrogens with zero attached hydrogens (tertiary/aromatic N) is 4. The zero-order valence-electron chi connectivity index (χ0n) is 24.6. The monoisotopic (exact) mass is 566 g/mol. The van der Waals surface area contributed by atoms with Gasteiger partial charge in [0.25, 0.3) is 0 Å². The summed E-state index contributed by atoms with van der Waals surface area (Å²) < 4.78 is 15.8. The van der Waals surface area contributed by atoms with Crippen LogP contribution in [-0.2, 0) is 37.9 Å². The van der Waals surface area contributed by atoms with E-state index in [4.69, 9.17) is 14.6 Å². The lowest BCUT2D eigenvalue weighted by molar-refractivity contribution is 0.0684. The minimum atomic E-state index is -0.891. The van der Waals surface area contributed by atoms with Gasteiger partial charge in [-0.25, -0.2) is 4.79 Å². The Balaban J connectivity index is 1.42. The highest BCUT2D eigenvalue weighted by molar-refractivity contribution is 6.04. The van der Waals surface area contributed by atoms with Gasteiger partial charge in [0.2, 0.25) is 0 Å². The van der Waals surface area contributed by atoms with E-state index in [1.54, 1.807) is 7.11 Å². The second kappa shape index (κ2) is 12.0. The van der Waals surface area contributed by atoms with Gasteiger partial charge in [-0.2, -0.15) is 5.10 Å². The topological polar surface area (TPSA) is 81.7 Å². The Bertz CT molecular complexity index is 1750. The van der Waals surface area contributed by atoms with Crippen molar-refractivity contribution in [3.8, 4) is 16.9 Å². The number of aromatic nitrogens is 3. The molecule has 0 bridgehead atoms.